The molecule has 0 aliphatic heterocycles. The molecule has 4 N–H and O–H groups in total. The minimum atomic E-state index is -0.474. The number of nitrogen functional groups attached to an aromatic ring is 1. The number of carbonyl (C=O) groups excluding carboxylic acids is 1. The molecule has 0 unspecified atom stereocenters. The van der Waals surface area contributed by atoms with Gasteiger partial charge in [-0.1, -0.05) is 15.9 Å². The molecule has 11 heavy (non-hydrogen) atoms. The van der Waals surface area contributed by atoms with Crippen LogP contribution in [0, 0.1) is 0 Å². The number of rotatable bonds is 1. The van der Waals surface area contributed by atoms with Gasteiger partial charge in [-0.25, -0.2) is 0 Å². The number of halogens is 1. The van der Waals surface area contributed by atoms with Crippen LogP contribution in [0.5, 0.6) is 0 Å². The minimum absolute atomic E-state index is 0.414. The molecule has 1 aromatic rings. The molecular weight excluding hydrogens is 208 g/mol. The summed E-state index contributed by atoms with van der Waals surface area (Å²) in [6.45, 7) is 0. The Hall–Kier alpha value is -1.03. The van der Waals surface area contributed by atoms with E-state index in [4.69, 9.17) is 11.5 Å². The lowest BCUT2D eigenvalue weighted by atomic mass is 10.2. The average Bonchev–Trinajstić information content (AvgIpc) is 1.85. The SMILES string of the molecule is NC(=O)c1cc(N)cc(Br)c1. The summed E-state index contributed by atoms with van der Waals surface area (Å²) in [5.41, 5.74) is 11.4. The smallest absolute Gasteiger partial charge is 0.248 e. The van der Waals surface area contributed by atoms with Crippen LogP contribution in [0.4, 0.5) is 5.69 Å². The molecule has 0 saturated heterocycles. The van der Waals surface area contributed by atoms with Crippen molar-refractivity contribution in [3.63, 3.8) is 0 Å². The van der Waals surface area contributed by atoms with Crippen LogP contribution >= 0.6 is 15.9 Å². The lowest BCUT2D eigenvalue weighted by molar-refractivity contribution is 0.100. The van der Waals surface area contributed by atoms with Crippen molar-refractivity contribution in [3.05, 3.63) is 28.2 Å². The molecule has 0 saturated carbocycles. The monoisotopic (exact) mass is 214 g/mol. The highest BCUT2D eigenvalue weighted by Gasteiger charge is 2.01. The molecule has 58 valence electrons. The highest BCUT2D eigenvalue weighted by atomic mass is 79.9. The first-order valence-electron chi connectivity index (χ1n) is 2.95. The zero-order chi connectivity index (χ0) is 8.43. The van der Waals surface area contributed by atoms with E-state index in [0.717, 1.165) is 4.47 Å². The molecule has 0 heterocycles. The molecule has 0 atom stereocenters. The lowest BCUT2D eigenvalue weighted by Gasteiger charge is -1.98. The van der Waals surface area contributed by atoms with Crippen molar-refractivity contribution >= 4 is 27.5 Å². The molecule has 0 aliphatic carbocycles. The molecule has 0 spiro atoms. The Kier molecular flexibility index (Phi) is 2.14. The molecule has 3 nitrogen and oxygen atoms in total. The number of anilines is 1. The molecular formula is C7H7BrN2O. The van der Waals surface area contributed by atoms with Crippen molar-refractivity contribution < 1.29 is 4.79 Å². The van der Waals surface area contributed by atoms with E-state index in [0.29, 0.717) is 11.3 Å². The van der Waals surface area contributed by atoms with Crippen LogP contribution in [0.3, 0.4) is 0 Å². The Balaban J connectivity index is 3.19. The van der Waals surface area contributed by atoms with Crippen LogP contribution in [0.2, 0.25) is 0 Å². The fourth-order valence-electron chi connectivity index (χ4n) is 0.755. The topological polar surface area (TPSA) is 69.1 Å². The van der Waals surface area contributed by atoms with Gasteiger partial charge in [0.05, 0.1) is 0 Å². The van der Waals surface area contributed by atoms with E-state index in [1.165, 1.54) is 6.07 Å². The standard InChI is InChI=1S/C7H7BrN2O/c8-5-1-4(7(10)11)2-6(9)3-5/h1-3H,9H2,(H2,10,11). The van der Waals surface area contributed by atoms with E-state index in [2.05, 4.69) is 15.9 Å². The number of amides is 1. The molecule has 0 aromatic heterocycles. The minimum Gasteiger partial charge on any atom is -0.399 e. The molecule has 0 radical (unpaired) electrons. The summed E-state index contributed by atoms with van der Waals surface area (Å²) in [7, 11) is 0. The van der Waals surface area contributed by atoms with E-state index < -0.39 is 5.91 Å². The van der Waals surface area contributed by atoms with Crippen LogP contribution in [-0.2, 0) is 0 Å². The second-order valence-electron chi connectivity index (χ2n) is 2.14. The summed E-state index contributed by atoms with van der Waals surface area (Å²) in [6.07, 6.45) is 0. The second-order valence-corrected chi connectivity index (χ2v) is 3.05. The summed E-state index contributed by atoms with van der Waals surface area (Å²) in [5.74, 6) is -0.474. The summed E-state index contributed by atoms with van der Waals surface area (Å²) < 4.78 is 0.756. The van der Waals surface area contributed by atoms with Gasteiger partial charge in [-0.05, 0) is 18.2 Å². The third kappa shape index (κ3) is 1.94. The van der Waals surface area contributed by atoms with Crippen molar-refractivity contribution in [2.24, 2.45) is 5.73 Å². The molecule has 1 rings (SSSR count). The van der Waals surface area contributed by atoms with Gasteiger partial charge in [-0.2, -0.15) is 0 Å². The van der Waals surface area contributed by atoms with Crippen LogP contribution in [-0.4, -0.2) is 5.91 Å². The van der Waals surface area contributed by atoms with Gasteiger partial charge < -0.3 is 11.5 Å². The van der Waals surface area contributed by atoms with Gasteiger partial charge in [0.2, 0.25) is 5.91 Å². The molecule has 1 amide bonds. The number of primary amides is 1. The van der Waals surface area contributed by atoms with Crippen molar-refractivity contribution in [3.8, 4) is 0 Å². The van der Waals surface area contributed by atoms with E-state index in [-0.39, 0.29) is 0 Å². The van der Waals surface area contributed by atoms with E-state index in [1.807, 2.05) is 0 Å². The molecule has 1 aromatic carbocycles. The van der Waals surface area contributed by atoms with Crippen LogP contribution in [0.1, 0.15) is 10.4 Å². The predicted molar refractivity (Wildman–Crippen MR) is 47.1 cm³/mol. The first-order valence-corrected chi connectivity index (χ1v) is 3.75. The zero-order valence-electron chi connectivity index (χ0n) is 5.67. The number of hydrogen-bond donors (Lipinski definition) is 2. The zero-order valence-corrected chi connectivity index (χ0v) is 7.26. The van der Waals surface area contributed by atoms with Crippen LogP contribution < -0.4 is 11.5 Å². The lowest BCUT2D eigenvalue weighted by Crippen LogP contribution is -2.11. The maximum Gasteiger partial charge on any atom is 0.248 e. The molecule has 4 heteroatoms. The Labute approximate surface area is 72.5 Å². The molecule has 0 bridgehead atoms. The van der Waals surface area contributed by atoms with Gasteiger partial charge in [0.15, 0.2) is 0 Å². The maximum absolute atomic E-state index is 10.7. The predicted octanol–water partition coefficient (Wildman–Crippen LogP) is 1.13. The number of carbonyl (C=O) groups is 1. The normalized spacial score (nSPS) is 9.55. The number of benzene rings is 1. The van der Waals surface area contributed by atoms with Crippen molar-refractivity contribution in [2.75, 3.05) is 5.73 Å². The Morgan fingerprint density at radius 3 is 2.45 bits per heavy atom. The van der Waals surface area contributed by atoms with Crippen molar-refractivity contribution in [1.82, 2.24) is 0 Å². The van der Waals surface area contributed by atoms with E-state index in [9.17, 15) is 4.79 Å². The largest absolute Gasteiger partial charge is 0.399 e. The van der Waals surface area contributed by atoms with Gasteiger partial charge in [0.25, 0.3) is 0 Å². The van der Waals surface area contributed by atoms with Crippen LogP contribution in [0.15, 0.2) is 22.7 Å². The van der Waals surface area contributed by atoms with Crippen molar-refractivity contribution in [2.45, 2.75) is 0 Å². The Morgan fingerprint density at radius 2 is 2.00 bits per heavy atom. The Bertz CT molecular complexity index is 278. The van der Waals surface area contributed by atoms with E-state index in [1.54, 1.807) is 12.1 Å². The van der Waals surface area contributed by atoms with Gasteiger partial charge in [-0.3, -0.25) is 4.79 Å². The summed E-state index contributed by atoms with van der Waals surface area (Å²) in [4.78, 5) is 10.7. The van der Waals surface area contributed by atoms with E-state index >= 15 is 0 Å². The molecule has 0 aliphatic rings. The maximum atomic E-state index is 10.7. The quantitative estimate of drug-likeness (QED) is 0.689. The summed E-state index contributed by atoms with van der Waals surface area (Å²) in [5, 5.41) is 0. The first-order chi connectivity index (χ1) is 5.09. The fourth-order valence-corrected chi connectivity index (χ4v) is 1.27. The Morgan fingerprint density at radius 1 is 1.36 bits per heavy atom. The van der Waals surface area contributed by atoms with Gasteiger partial charge in [0.1, 0.15) is 0 Å². The third-order valence-corrected chi connectivity index (χ3v) is 1.66. The summed E-state index contributed by atoms with van der Waals surface area (Å²) in [6, 6.07) is 4.86. The third-order valence-electron chi connectivity index (χ3n) is 1.20. The van der Waals surface area contributed by atoms with Gasteiger partial charge >= 0.3 is 0 Å². The molecule has 0 fully saturated rings. The second kappa shape index (κ2) is 2.92. The van der Waals surface area contributed by atoms with Gasteiger partial charge in [0, 0.05) is 15.7 Å². The number of hydrogen-bond acceptors (Lipinski definition) is 2. The first kappa shape index (κ1) is 8.07. The van der Waals surface area contributed by atoms with Gasteiger partial charge in [-0.15, -0.1) is 0 Å². The van der Waals surface area contributed by atoms with Crippen molar-refractivity contribution in [1.29, 1.82) is 0 Å². The highest BCUT2D eigenvalue weighted by molar-refractivity contribution is 9.10. The summed E-state index contributed by atoms with van der Waals surface area (Å²) >= 11 is 3.19. The van der Waals surface area contributed by atoms with Crippen LogP contribution in [0.25, 0.3) is 0 Å². The number of nitrogens with two attached hydrogens (primary N) is 2. The highest BCUT2D eigenvalue weighted by Crippen LogP contribution is 2.16. The average molecular weight is 215 g/mol. The fraction of sp³-hybridized carbons (Fsp3) is 0.